The Morgan fingerprint density at radius 1 is 1.30 bits per heavy atom. The van der Waals surface area contributed by atoms with E-state index in [1.807, 2.05) is 10.9 Å². The lowest BCUT2D eigenvalue weighted by Gasteiger charge is -2.25. The minimum Gasteiger partial charge on any atom is -0.357 e. The van der Waals surface area contributed by atoms with Gasteiger partial charge in [0.05, 0.1) is 6.20 Å². The molecule has 2 rings (SSSR count). The largest absolute Gasteiger partial charge is 0.357 e. The Bertz CT molecular complexity index is 485. The summed E-state index contributed by atoms with van der Waals surface area (Å²) in [6.45, 7) is 10.2. The molecule has 1 heterocycles. The Balaban J connectivity index is 1.77. The Morgan fingerprint density at radius 2 is 2.09 bits per heavy atom. The minimum atomic E-state index is 0.453. The van der Waals surface area contributed by atoms with Gasteiger partial charge in [0.2, 0.25) is 0 Å². The number of hydrogen-bond acceptors (Lipinski definition) is 2. The van der Waals surface area contributed by atoms with E-state index in [1.165, 1.54) is 37.7 Å². The standard InChI is InChI=1S/C18H33N5/c1-4-18(9-6-7-10-18)15-21-17(19-5-2)20-11-8-12-23-14-16(3)13-22-23/h13-14H,4-12,15H2,1-3H3,(H2,19,20,21). The second-order valence-electron chi connectivity index (χ2n) is 6.82. The molecule has 1 fully saturated rings. The Hall–Kier alpha value is -1.52. The van der Waals surface area contributed by atoms with Crippen molar-refractivity contribution in [3.8, 4) is 0 Å². The van der Waals surface area contributed by atoms with Crippen molar-refractivity contribution >= 4 is 5.96 Å². The molecular weight excluding hydrogens is 286 g/mol. The molecule has 0 aromatic carbocycles. The second kappa shape index (κ2) is 8.94. The zero-order chi connectivity index (χ0) is 16.5. The molecule has 1 aliphatic carbocycles. The van der Waals surface area contributed by atoms with Crippen LogP contribution < -0.4 is 10.6 Å². The van der Waals surface area contributed by atoms with Gasteiger partial charge in [-0.15, -0.1) is 0 Å². The van der Waals surface area contributed by atoms with Crippen LogP contribution in [0, 0.1) is 12.3 Å². The first kappa shape index (κ1) is 17.8. The predicted molar refractivity (Wildman–Crippen MR) is 96.8 cm³/mol. The van der Waals surface area contributed by atoms with Gasteiger partial charge in [-0.1, -0.05) is 19.8 Å². The maximum atomic E-state index is 4.86. The van der Waals surface area contributed by atoms with Crippen LogP contribution in [-0.2, 0) is 6.54 Å². The average molecular weight is 319 g/mol. The summed E-state index contributed by atoms with van der Waals surface area (Å²) in [4.78, 5) is 4.86. The zero-order valence-electron chi connectivity index (χ0n) is 15.1. The molecule has 0 bridgehead atoms. The lowest BCUT2D eigenvalue weighted by atomic mass is 9.84. The fourth-order valence-electron chi connectivity index (χ4n) is 3.37. The summed E-state index contributed by atoms with van der Waals surface area (Å²) in [5.41, 5.74) is 1.67. The number of guanidine groups is 1. The second-order valence-corrected chi connectivity index (χ2v) is 6.82. The van der Waals surface area contributed by atoms with E-state index in [2.05, 4.69) is 42.7 Å². The summed E-state index contributed by atoms with van der Waals surface area (Å²) in [6.07, 6.45) is 11.7. The van der Waals surface area contributed by atoms with Crippen molar-refractivity contribution in [1.82, 2.24) is 20.4 Å². The Kier molecular flexibility index (Phi) is 6.93. The van der Waals surface area contributed by atoms with Crippen LogP contribution >= 0.6 is 0 Å². The summed E-state index contributed by atoms with van der Waals surface area (Å²) in [7, 11) is 0. The highest BCUT2D eigenvalue weighted by Gasteiger charge is 2.31. The molecule has 1 aromatic rings. The normalized spacial score (nSPS) is 17.4. The van der Waals surface area contributed by atoms with Gasteiger partial charge in [-0.2, -0.15) is 5.10 Å². The van der Waals surface area contributed by atoms with E-state index in [0.717, 1.165) is 38.6 Å². The number of nitrogens with zero attached hydrogens (tertiary/aromatic N) is 3. The number of nitrogens with one attached hydrogen (secondary N) is 2. The van der Waals surface area contributed by atoms with Crippen LogP contribution in [0.25, 0.3) is 0 Å². The van der Waals surface area contributed by atoms with Gasteiger partial charge in [-0.05, 0) is 50.5 Å². The third kappa shape index (κ3) is 5.56. The van der Waals surface area contributed by atoms with E-state index in [9.17, 15) is 0 Å². The minimum absolute atomic E-state index is 0.453. The summed E-state index contributed by atoms with van der Waals surface area (Å²) < 4.78 is 2.01. The molecule has 2 N–H and O–H groups in total. The van der Waals surface area contributed by atoms with E-state index >= 15 is 0 Å². The van der Waals surface area contributed by atoms with E-state index in [0.29, 0.717) is 5.41 Å². The number of aryl methyl sites for hydroxylation is 2. The molecule has 1 aliphatic rings. The molecule has 0 spiro atoms. The zero-order valence-corrected chi connectivity index (χ0v) is 15.1. The predicted octanol–water partition coefficient (Wildman–Crippen LogP) is 3.11. The fraction of sp³-hybridized carbons (Fsp3) is 0.778. The van der Waals surface area contributed by atoms with Gasteiger partial charge in [0, 0.05) is 32.4 Å². The molecule has 130 valence electrons. The topological polar surface area (TPSA) is 54.2 Å². The first-order valence-electron chi connectivity index (χ1n) is 9.19. The molecule has 1 saturated carbocycles. The molecule has 0 radical (unpaired) electrons. The van der Waals surface area contributed by atoms with Crippen LogP contribution in [0.5, 0.6) is 0 Å². The molecule has 0 unspecified atom stereocenters. The van der Waals surface area contributed by atoms with Crippen LogP contribution in [0.2, 0.25) is 0 Å². The van der Waals surface area contributed by atoms with E-state index in [1.54, 1.807) is 0 Å². The van der Waals surface area contributed by atoms with Gasteiger partial charge in [-0.25, -0.2) is 0 Å². The van der Waals surface area contributed by atoms with Crippen molar-refractivity contribution in [2.75, 3.05) is 19.6 Å². The van der Waals surface area contributed by atoms with Crippen molar-refractivity contribution in [3.63, 3.8) is 0 Å². The maximum absolute atomic E-state index is 4.86. The summed E-state index contributed by atoms with van der Waals surface area (Å²) >= 11 is 0. The fourth-order valence-corrected chi connectivity index (χ4v) is 3.37. The molecule has 1 aromatic heterocycles. The van der Waals surface area contributed by atoms with Crippen LogP contribution in [0.4, 0.5) is 0 Å². The molecule has 0 saturated heterocycles. The molecule has 5 nitrogen and oxygen atoms in total. The van der Waals surface area contributed by atoms with E-state index in [4.69, 9.17) is 4.99 Å². The number of aromatic nitrogens is 2. The van der Waals surface area contributed by atoms with E-state index < -0.39 is 0 Å². The third-order valence-electron chi connectivity index (χ3n) is 4.95. The highest BCUT2D eigenvalue weighted by Crippen LogP contribution is 2.41. The quantitative estimate of drug-likeness (QED) is 0.440. The molecule has 5 heteroatoms. The molecule has 23 heavy (non-hydrogen) atoms. The first-order valence-corrected chi connectivity index (χ1v) is 9.19. The van der Waals surface area contributed by atoms with Crippen molar-refractivity contribution in [3.05, 3.63) is 18.0 Å². The maximum Gasteiger partial charge on any atom is 0.191 e. The van der Waals surface area contributed by atoms with Crippen LogP contribution in [0.3, 0.4) is 0 Å². The molecule has 0 atom stereocenters. The number of aliphatic imine (C=N–C) groups is 1. The molecule has 0 aliphatic heterocycles. The Morgan fingerprint density at radius 3 is 2.70 bits per heavy atom. The van der Waals surface area contributed by atoms with Gasteiger partial charge in [0.15, 0.2) is 5.96 Å². The van der Waals surface area contributed by atoms with Crippen molar-refractivity contribution in [2.24, 2.45) is 10.4 Å². The van der Waals surface area contributed by atoms with Crippen LogP contribution in [0.15, 0.2) is 17.4 Å². The monoisotopic (exact) mass is 319 g/mol. The number of hydrogen-bond donors (Lipinski definition) is 2. The molecule has 0 amide bonds. The van der Waals surface area contributed by atoms with Crippen LogP contribution in [-0.4, -0.2) is 35.4 Å². The van der Waals surface area contributed by atoms with Crippen LogP contribution in [0.1, 0.15) is 57.9 Å². The van der Waals surface area contributed by atoms with Gasteiger partial charge in [-0.3, -0.25) is 9.67 Å². The third-order valence-corrected chi connectivity index (χ3v) is 4.95. The number of rotatable bonds is 8. The smallest absolute Gasteiger partial charge is 0.191 e. The average Bonchev–Trinajstić information content (AvgIpc) is 3.19. The highest BCUT2D eigenvalue weighted by molar-refractivity contribution is 5.79. The van der Waals surface area contributed by atoms with Crippen molar-refractivity contribution < 1.29 is 0 Å². The lowest BCUT2D eigenvalue weighted by Crippen LogP contribution is -2.39. The lowest BCUT2D eigenvalue weighted by molar-refractivity contribution is 0.297. The summed E-state index contributed by atoms with van der Waals surface area (Å²) in [6, 6.07) is 0. The van der Waals surface area contributed by atoms with Gasteiger partial charge >= 0.3 is 0 Å². The van der Waals surface area contributed by atoms with Gasteiger partial charge in [0.1, 0.15) is 0 Å². The van der Waals surface area contributed by atoms with Gasteiger partial charge in [0.25, 0.3) is 0 Å². The van der Waals surface area contributed by atoms with Gasteiger partial charge < -0.3 is 10.6 Å². The van der Waals surface area contributed by atoms with E-state index in [-0.39, 0.29) is 0 Å². The highest BCUT2D eigenvalue weighted by atomic mass is 15.3. The van der Waals surface area contributed by atoms with Crippen molar-refractivity contribution in [2.45, 2.75) is 65.8 Å². The SMILES string of the molecule is CCNC(=NCC1(CC)CCCC1)NCCCn1cc(C)cn1. The Labute approximate surface area is 141 Å². The van der Waals surface area contributed by atoms with Crippen molar-refractivity contribution in [1.29, 1.82) is 0 Å². The summed E-state index contributed by atoms with van der Waals surface area (Å²) in [5.74, 6) is 0.962. The summed E-state index contributed by atoms with van der Waals surface area (Å²) in [5, 5.41) is 11.1. The first-order chi connectivity index (χ1) is 11.2. The molecular formula is C18H33N5.